The van der Waals surface area contributed by atoms with Crippen molar-refractivity contribution in [3.05, 3.63) is 53.7 Å². The molecule has 2 heterocycles. The Balaban J connectivity index is 1.79. The lowest BCUT2D eigenvalue weighted by atomic mass is 10.2. The number of methoxy groups -OCH3 is 2. The zero-order chi connectivity index (χ0) is 18.8. The molecule has 4 rings (SSSR count). The molecule has 4 aromatic rings. The van der Waals surface area contributed by atoms with Crippen molar-refractivity contribution < 1.29 is 9.47 Å². The van der Waals surface area contributed by atoms with Crippen LogP contribution in [0.2, 0.25) is 5.02 Å². The summed E-state index contributed by atoms with van der Waals surface area (Å²) in [6.07, 6.45) is 1.80. The number of ether oxygens (including phenoxy) is 2. The van der Waals surface area contributed by atoms with Crippen LogP contribution in [0.3, 0.4) is 0 Å². The van der Waals surface area contributed by atoms with E-state index in [0.717, 1.165) is 39.7 Å². The van der Waals surface area contributed by atoms with E-state index in [1.165, 1.54) is 0 Å². The number of aromatic nitrogens is 4. The molecule has 0 atom stereocenters. The Morgan fingerprint density at radius 1 is 1.11 bits per heavy atom. The van der Waals surface area contributed by atoms with Gasteiger partial charge in [0.25, 0.3) is 0 Å². The van der Waals surface area contributed by atoms with Crippen LogP contribution in [0.15, 0.2) is 48.7 Å². The normalized spacial score (nSPS) is 11.2. The number of benzene rings is 2. The largest absolute Gasteiger partial charge is 0.497 e. The van der Waals surface area contributed by atoms with Gasteiger partial charge in [-0.15, -0.1) is 0 Å². The lowest BCUT2D eigenvalue weighted by Gasteiger charge is -2.08. The minimum atomic E-state index is 0.577. The highest BCUT2D eigenvalue weighted by Crippen LogP contribution is 2.28. The van der Waals surface area contributed by atoms with Gasteiger partial charge < -0.3 is 19.0 Å². The Bertz CT molecular complexity index is 1070. The van der Waals surface area contributed by atoms with Crippen LogP contribution in [0.5, 0.6) is 5.75 Å². The second-order valence-electron chi connectivity index (χ2n) is 6.09. The maximum Gasteiger partial charge on any atom is 0.159 e. The van der Waals surface area contributed by atoms with Gasteiger partial charge in [0.1, 0.15) is 17.3 Å². The van der Waals surface area contributed by atoms with Gasteiger partial charge in [0.05, 0.1) is 30.9 Å². The van der Waals surface area contributed by atoms with Crippen LogP contribution in [0, 0.1) is 0 Å². The molecule has 1 N–H and O–H groups in total. The molecule has 0 spiro atoms. The summed E-state index contributed by atoms with van der Waals surface area (Å²) in [5, 5.41) is 0.695. The van der Waals surface area contributed by atoms with Crippen molar-refractivity contribution in [1.29, 1.82) is 0 Å². The van der Waals surface area contributed by atoms with E-state index in [1.807, 2.05) is 42.5 Å². The smallest absolute Gasteiger partial charge is 0.159 e. The molecule has 138 valence electrons. The van der Waals surface area contributed by atoms with Gasteiger partial charge in [0.2, 0.25) is 0 Å². The number of nitrogens with one attached hydrogen (secondary N) is 1. The van der Waals surface area contributed by atoms with Crippen molar-refractivity contribution in [3.8, 4) is 28.7 Å². The van der Waals surface area contributed by atoms with Gasteiger partial charge >= 0.3 is 0 Å². The number of H-pyrrole nitrogens is 1. The third-order valence-electron chi connectivity index (χ3n) is 4.41. The minimum Gasteiger partial charge on any atom is -0.497 e. The quantitative estimate of drug-likeness (QED) is 0.536. The van der Waals surface area contributed by atoms with E-state index >= 15 is 0 Å². The van der Waals surface area contributed by atoms with Crippen LogP contribution < -0.4 is 4.74 Å². The van der Waals surface area contributed by atoms with Gasteiger partial charge in [0, 0.05) is 30.3 Å². The Labute approximate surface area is 161 Å². The molecule has 0 radical (unpaired) electrons. The lowest BCUT2D eigenvalue weighted by Crippen LogP contribution is -2.06. The molecule has 0 bridgehead atoms. The monoisotopic (exact) mass is 382 g/mol. The maximum absolute atomic E-state index is 5.97. The molecule has 2 aromatic carbocycles. The Morgan fingerprint density at radius 2 is 1.93 bits per heavy atom. The molecule has 0 aliphatic heterocycles. The summed E-state index contributed by atoms with van der Waals surface area (Å²) in [4.78, 5) is 12.7. The van der Waals surface area contributed by atoms with Crippen molar-refractivity contribution in [2.75, 3.05) is 20.8 Å². The lowest BCUT2D eigenvalue weighted by molar-refractivity contribution is 0.188. The molecule has 0 fully saturated rings. The second kappa shape index (κ2) is 7.42. The molecule has 0 amide bonds. The van der Waals surface area contributed by atoms with E-state index in [4.69, 9.17) is 26.1 Å². The molecule has 27 heavy (non-hydrogen) atoms. The van der Waals surface area contributed by atoms with Gasteiger partial charge in [-0.1, -0.05) is 11.6 Å². The highest BCUT2D eigenvalue weighted by molar-refractivity contribution is 6.30. The fourth-order valence-electron chi connectivity index (χ4n) is 3.03. The number of hydrogen-bond acceptors (Lipinski definition) is 4. The molecule has 0 aliphatic carbocycles. The van der Waals surface area contributed by atoms with Crippen molar-refractivity contribution in [2.24, 2.45) is 0 Å². The molecule has 0 saturated carbocycles. The van der Waals surface area contributed by atoms with Gasteiger partial charge in [-0.2, -0.15) is 0 Å². The molecule has 0 aliphatic rings. The predicted molar refractivity (Wildman–Crippen MR) is 106 cm³/mol. The topological polar surface area (TPSA) is 65.0 Å². The first-order chi connectivity index (χ1) is 13.2. The van der Waals surface area contributed by atoms with Gasteiger partial charge in [0.15, 0.2) is 5.82 Å². The van der Waals surface area contributed by atoms with Crippen LogP contribution in [0.1, 0.15) is 0 Å². The third kappa shape index (κ3) is 3.41. The van der Waals surface area contributed by atoms with Crippen molar-refractivity contribution in [1.82, 2.24) is 19.5 Å². The Hall–Kier alpha value is -2.83. The molecule has 6 nitrogen and oxygen atoms in total. The predicted octanol–water partition coefficient (Wildman–Crippen LogP) is 4.40. The highest BCUT2D eigenvalue weighted by Gasteiger charge is 2.16. The number of imidazole rings is 2. The molecule has 2 aromatic heterocycles. The summed E-state index contributed by atoms with van der Waals surface area (Å²) in [5.41, 5.74) is 3.69. The molecule has 0 unspecified atom stereocenters. The summed E-state index contributed by atoms with van der Waals surface area (Å²) in [6, 6.07) is 13.4. The number of halogens is 1. The van der Waals surface area contributed by atoms with Crippen LogP contribution in [0.25, 0.3) is 33.9 Å². The first-order valence-electron chi connectivity index (χ1n) is 8.54. The molecule has 0 saturated heterocycles. The summed E-state index contributed by atoms with van der Waals surface area (Å²) < 4.78 is 12.8. The fraction of sp³-hybridized carbons (Fsp3) is 0.200. The number of hydrogen-bond donors (Lipinski definition) is 1. The summed E-state index contributed by atoms with van der Waals surface area (Å²) in [7, 11) is 3.35. The van der Waals surface area contributed by atoms with E-state index in [0.29, 0.717) is 18.2 Å². The number of fused-ring (bicyclic) bond motifs is 1. The first-order valence-corrected chi connectivity index (χ1v) is 8.92. The van der Waals surface area contributed by atoms with Crippen molar-refractivity contribution >= 4 is 22.6 Å². The number of rotatable bonds is 6. The van der Waals surface area contributed by atoms with E-state index in [9.17, 15) is 0 Å². The minimum absolute atomic E-state index is 0.577. The van der Waals surface area contributed by atoms with Crippen LogP contribution in [-0.4, -0.2) is 40.3 Å². The second-order valence-corrected chi connectivity index (χ2v) is 6.52. The van der Waals surface area contributed by atoms with Crippen LogP contribution in [-0.2, 0) is 11.3 Å². The SMILES string of the molecule is COCCn1c(-c2cnc(-c3ccc(Cl)cc3)[nH]2)nc2ccc(OC)cc21. The highest BCUT2D eigenvalue weighted by atomic mass is 35.5. The molecule has 7 heteroatoms. The Morgan fingerprint density at radius 3 is 2.67 bits per heavy atom. The van der Waals surface area contributed by atoms with Crippen molar-refractivity contribution in [2.45, 2.75) is 6.54 Å². The zero-order valence-corrected chi connectivity index (χ0v) is 15.8. The summed E-state index contributed by atoms with van der Waals surface area (Å²) in [6.45, 7) is 1.25. The van der Waals surface area contributed by atoms with Gasteiger partial charge in [-0.05, 0) is 36.4 Å². The zero-order valence-electron chi connectivity index (χ0n) is 15.1. The van der Waals surface area contributed by atoms with E-state index < -0.39 is 0 Å². The Kier molecular flexibility index (Phi) is 4.83. The van der Waals surface area contributed by atoms with Crippen LogP contribution >= 0.6 is 11.6 Å². The van der Waals surface area contributed by atoms with Gasteiger partial charge in [-0.3, -0.25) is 0 Å². The summed E-state index contributed by atoms with van der Waals surface area (Å²) >= 11 is 5.97. The first kappa shape index (κ1) is 17.6. The average molecular weight is 383 g/mol. The van der Waals surface area contributed by atoms with Crippen LogP contribution in [0.4, 0.5) is 0 Å². The van der Waals surface area contributed by atoms with Crippen molar-refractivity contribution in [3.63, 3.8) is 0 Å². The fourth-order valence-corrected chi connectivity index (χ4v) is 3.16. The maximum atomic E-state index is 5.97. The third-order valence-corrected chi connectivity index (χ3v) is 4.66. The number of nitrogens with zero attached hydrogens (tertiary/aromatic N) is 3. The standard InChI is InChI=1S/C20H19ClN4O2/c1-26-10-9-25-18-11-15(27-2)7-8-16(18)24-20(25)17-12-22-19(23-17)13-3-5-14(21)6-4-13/h3-8,11-12H,9-10H2,1-2H3,(H,22,23). The summed E-state index contributed by atoms with van der Waals surface area (Å²) in [5.74, 6) is 2.37. The molecular formula is C20H19ClN4O2. The molecular weight excluding hydrogens is 364 g/mol. The average Bonchev–Trinajstić information content (AvgIpc) is 3.31. The van der Waals surface area contributed by atoms with Gasteiger partial charge in [-0.25, -0.2) is 9.97 Å². The van der Waals surface area contributed by atoms with E-state index in [1.54, 1.807) is 20.4 Å². The van der Waals surface area contributed by atoms with E-state index in [2.05, 4.69) is 14.5 Å². The van der Waals surface area contributed by atoms with E-state index in [-0.39, 0.29) is 0 Å². The number of aromatic amines is 1.